The number of hydrogen-bond donors (Lipinski definition) is 0. The number of rotatable bonds is 4. The highest BCUT2D eigenvalue weighted by molar-refractivity contribution is 9.10. The van der Waals surface area contributed by atoms with Crippen LogP contribution in [0.5, 0.6) is 0 Å². The molecule has 0 unspecified atom stereocenters. The molecule has 0 saturated carbocycles. The van der Waals surface area contributed by atoms with E-state index in [1.807, 2.05) is 11.0 Å². The van der Waals surface area contributed by atoms with E-state index in [0.717, 1.165) is 30.4 Å². The molecule has 1 fully saturated rings. The van der Waals surface area contributed by atoms with Crippen molar-refractivity contribution in [3.8, 4) is 0 Å². The first-order chi connectivity index (χ1) is 9.60. The second kappa shape index (κ2) is 7.48. The molecule has 20 heavy (non-hydrogen) atoms. The lowest BCUT2D eigenvalue weighted by Gasteiger charge is -2.31. The Morgan fingerprint density at radius 1 is 1.45 bits per heavy atom. The van der Waals surface area contributed by atoms with Gasteiger partial charge in [0.05, 0.1) is 11.9 Å². The van der Waals surface area contributed by atoms with Gasteiger partial charge in [0.1, 0.15) is 0 Å². The van der Waals surface area contributed by atoms with E-state index in [2.05, 4.69) is 35.0 Å². The van der Waals surface area contributed by atoms with Gasteiger partial charge in [0.15, 0.2) is 0 Å². The number of hydrogen-bond acceptors (Lipinski definition) is 3. The lowest BCUT2D eigenvalue weighted by atomic mass is 10.1. The molecule has 3 nitrogen and oxygen atoms in total. The van der Waals surface area contributed by atoms with Gasteiger partial charge in [-0.05, 0) is 43.5 Å². The molecule has 1 saturated heterocycles. The predicted molar refractivity (Wildman–Crippen MR) is 86.2 cm³/mol. The molecule has 0 atom stereocenters. The molecule has 2 rings (SSSR count). The average molecular weight is 358 g/mol. The third-order valence-corrected chi connectivity index (χ3v) is 5.27. The fourth-order valence-electron chi connectivity index (χ4n) is 2.35. The first kappa shape index (κ1) is 15.9. The Kier molecular flexibility index (Phi) is 5.93. The molecule has 1 amide bonds. The Balaban J connectivity index is 1.83. The van der Waals surface area contributed by atoms with Crippen molar-refractivity contribution in [3.63, 3.8) is 0 Å². The maximum Gasteiger partial charge on any atom is 0.232 e. The number of methoxy groups -OCH3 is 1. The van der Waals surface area contributed by atoms with Crippen molar-refractivity contribution >= 4 is 33.6 Å². The van der Waals surface area contributed by atoms with Crippen LogP contribution in [0.2, 0.25) is 0 Å². The molecule has 1 aliphatic heterocycles. The van der Waals surface area contributed by atoms with Crippen molar-refractivity contribution < 1.29 is 9.53 Å². The smallest absolute Gasteiger partial charge is 0.232 e. The SMILES string of the molecule is COC1CCN(C(=O)CSc2ccc(Br)cc2C)CC1. The fraction of sp³-hybridized carbons (Fsp3) is 0.533. The third kappa shape index (κ3) is 4.24. The van der Waals surface area contributed by atoms with E-state index >= 15 is 0 Å². The quantitative estimate of drug-likeness (QED) is 0.772. The van der Waals surface area contributed by atoms with Crippen LogP contribution >= 0.6 is 27.7 Å². The zero-order valence-corrected chi connectivity index (χ0v) is 14.3. The van der Waals surface area contributed by atoms with E-state index in [4.69, 9.17) is 4.74 Å². The first-order valence-electron chi connectivity index (χ1n) is 6.79. The number of nitrogens with zero attached hydrogens (tertiary/aromatic N) is 1. The summed E-state index contributed by atoms with van der Waals surface area (Å²) >= 11 is 5.08. The van der Waals surface area contributed by atoms with Crippen LogP contribution in [0.4, 0.5) is 0 Å². The second-order valence-corrected chi connectivity index (χ2v) is 6.95. The van der Waals surface area contributed by atoms with Gasteiger partial charge in [-0.3, -0.25) is 4.79 Å². The van der Waals surface area contributed by atoms with Crippen LogP contribution in [0.1, 0.15) is 18.4 Å². The minimum atomic E-state index is 0.229. The second-order valence-electron chi connectivity index (χ2n) is 5.01. The molecule has 0 radical (unpaired) electrons. The number of ether oxygens (including phenoxy) is 1. The highest BCUT2D eigenvalue weighted by Crippen LogP contribution is 2.26. The molecular formula is C15H20BrNO2S. The molecule has 1 heterocycles. The van der Waals surface area contributed by atoms with Crippen LogP contribution in [0.15, 0.2) is 27.6 Å². The molecule has 0 spiro atoms. The maximum absolute atomic E-state index is 12.2. The molecule has 1 aromatic rings. The van der Waals surface area contributed by atoms with Crippen molar-refractivity contribution in [2.75, 3.05) is 26.0 Å². The topological polar surface area (TPSA) is 29.5 Å². The van der Waals surface area contributed by atoms with Gasteiger partial charge in [-0.25, -0.2) is 0 Å². The standard InChI is InChI=1S/C15H20BrNO2S/c1-11-9-12(16)3-4-14(11)20-10-15(18)17-7-5-13(19-2)6-8-17/h3-4,9,13H,5-8,10H2,1-2H3. The van der Waals surface area contributed by atoms with Crippen molar-refractivity contribution in [2.45, 2.75) is 30.8 Å². The van der Waals surface area contributed by atoms with Crippen LogP contribution < -0.4 is 0 Å². The molecule has 1 aliphatic rings. The number of aryl methyl sites for hydroxylation is 1. The molecule has 0 bridgehead atoms. The van der Waals surface area contributed by atoms with Gasteiger partial charge in [-0.1, -0.05) is 15.9 Å². The molecule has 0 aliphatic carbocycles. The van der Waals surface area contributed by atoms with Crippen LogP contribution in [-0.4, -0.2) is 42.9 Å². The van der Waals surface area contributed by atoms with E-state index in [1.165, 1.54) is 10.5 Å². The monoisotopic (exact) mass is 357 g/mol. The number of amides is 1. The van der Waals surface area contributed by atoms with Gasteiger partial charge < -0.3 is 9.64 Å². The van der Waals surface area contributed by atoms with Gasteiger partial charge in [0.25, 0.3) is 0 Å². The lowest BCUT2D eigenvalue weighted by molar-refractivity contribution is -0.130. The van der Waals surface area contributed by atoms with E-state index in [9.17, 15) is 4.79 Å². The number of carbonyl (C=O) groups is 1. The van der Waals surface area contributed by atoms with Crippen LogP contribution in [-0.2, 0) is 9.53 Å². The predicted octanol–water partition coefficient (Wildman–Crippen LogP) is 3.49. The van der Waals surface area contributed by atoms with Gasteiger partial charge in [0.2, 0.25) is 5.91 Å². The first-order valence-corrected chi connectivity index (χ1v) is 8.57. The summed E-state index contributed by atoms with van der Waals surface area (Å²) in [5.41, 5.74) is 1.20. The minimum absolute atomic E-state index is 0.229. The zero-order valence-electron chi connectivity index (χ0n) is 11.9. The highest BCUT2D eigenvalue weighted by Gasteiger charge is 2.22. The fourth-order valence-corrected chi connectivity index (χ4v) is 3.73. The Morgan fingerprint density at radius 2 is 2.15 bits per heavy atom. The summed E-state index contributed by atoms with van der Waals surface area (Å²) in [5.74, 6) is 0.743. The van der Waals surface area contributed by atoms with E-state index in [1.54, 1.807) is 18.9 Å². The molecule has 0 aromatic heterocycles. The third-order valence-electron chi connectivity index (χ3n) is 3.62. The molecule has 110 valence electrons. The van der Waals surface area contributed by atoms with Gasteiger partial charge >= 0.3 is 0 Å². The van der Waals surface area contributed by atoms with Gasteiger partial charge in [-0.15, -0.1) is 11.8 Å². The summed E-state index contributed by atoms with van der Waals surface area (Å²) in [6, 6.07) is 6.16. The van der Waals surface area contributed by atoms with Gasteiger partial charge in [-0.2, -0.15) is 0 Å². The van der Waals surface area contributed by atoms with Crippen LogP contribution in [0.3, 0.4) is 0 Å². The van der Waals surface area contributed by atoms with Crippen LogP contribution in [0.25, 0.3) is 0 Å². The summed E-state index contributed by atoms with van der Waals surface area (Å²) in [4.78, 5) is 15.3. The number of carbonyl (C=O) groups excluding carboxylic acids is 1. The summed E-state index contributed by atoms with van der Waals surface area (Å²) in [6.07, 6.45) is 2.22. The van der Waals surface area contributed by atoms with Crippen molar-refractivity contribution in [1.29, 1.82) is 0 Å². The molecule has 0 N–H and O–H groups in total. The van der Waals surface area contributed by atoms with E-state index in [0.29, 0.717) is 11.9 Å². The number of halogens is 1. The maximum atomic E-state index is 12.2. The Labute approximate surface area is 133 Å². The van der Waals surface area contributed by atoms with Crippen molar-refractivity contribution in [2.24, 2.45) is 0 Å². The summed E-state index contributed by atoms with van der Waals surface area (Å²) < 4.78 is 6.40. The molecule has 1 aromatic carbocycles. The summed E-state index contributed by atoms with van der Waals surface area (Å²) in [6.45, 7) is 3.70. The van der Waals surface area contributed by atoms with Crippen LogP contribution in [0, 0.1) is 6.92 Å². The summed E-state index contributed by atoms with van der Waals surface area (Å²) in [7, 11) is 1.74. The van der Waals surface area contributed by atoms with Crippen molar-refractivity contribution in [3.05, 3.63) is 28.2 Å². The normalized spacial score (nSPS) is 16.4. The largest absolute Gasteiger partial charge is 0.381 e. The Bertz CT molecular complexity index is 473. The zero-order chi connectivity index (χ0) is 14.5. The molecular weight excluding hydrogens is 338 g/mol. The van der Waals surface area contributed by atoms with Crippen molar-refractivity contribution in [1.82, 2.24) is 4.90 Å². The Morgan fingerprint density at radius 3 is 2.75 bits per heavy atom. The number of benzene rings is 1. The Hall–Kier alpha value is -0.520. The summed E-state index contributed by atoms with van der Waals surface area (Å²) in [5, 5.41) is 0. The highest BCUT2D eigenvalue weighted by atomic mass is 79.9. The number of piperidine rings is 1. The number of thioether (sulfide) groups is 1. The molecule has 5 heteroatoms. The van der Waals surface area contributed by atoms with E-state index in [-0.39, 0.29) is 5.91 Å². The lowest BCUT2D eigenvalue weighted by Crippen LogP contribution is -2.41. The van der Waals surface area contributed by atoms with Gasteiger partial charge in [0, 0.05) is 29.6 Å². The van der Waals surface area contributed by atoms with E-state index < -0.39 is 0 Å². The minimum Gasteiger partial charge on any atom is -0.381 e. The number of likely N-dealkylation sites (tertiary alicyclic amines) is 1. The average Bonchev–Trinajstić information content (AvgIpc) is 2.46.